The van der Waals surface area contributed by atoms with E-state index in [4.69, 9.17) is 14.9 Å². The van der Waals surface area contributed by atoms with Crippen molar-refractivity contribution in [2.45, 2.75) is 32.0 Å². The third kappa shape index (κ3) is 4.02. The minimum atomic E-state index is -1.11. The van der Waals surface area contributed by atoms with Crippen LogP contribution in [0.5, 0.6) is 0 Å². The Balaban J connectivity index is 1.62. The Hall–Kier alpha value is -3.49. The molecular weight excluding hydrogens is 415 g/mol. The Morgan fingerprint density at radius 1 is 1.22 bits per heavy atom. The average Bonchev–Trinajstić information content (AvgIpc) is 3.23. The number of carboxylic acid groups (broad SMARTS) is 1. The van der Waals surface area contributed by atoms with E-state index in [-0.39, 0.29) is 12.5 Å². The molecule has 2 aromatic rings. The van der Waals surface area contributed by atoms with Crippen molar-refractivity contribution in [3.05, 3.63) is 76.8 Å². The molecule has 0 radical (unpaired) electrons. The Morgan fingerprint density at radius 2 is 1.94 bits per heavy atom. The summed E-state index contributed by atoms with van der Waals surface area (Å²) in [5.74, 6) is -1.51. The number of carbonyl (C=O) groups is 2. The van der Waals surface area contributed by atoms with Crippen LogP contribution in [0.1, 0.15) is 30.5 Å². The van der Waals surface area contributed by atoms with E-state index in [1.807, 2.05) is 38.1 Å². The van der Waals surface area contributed by atoms with Gasteiger partial charge >= 0.3 is 5.97 Å². The van der Waals surface area contributed by atoms with Crippen LogP contribution in [-0.2, 0) is 20.9 Å². The van der Waals surface area contributed by atoms with Gasteiger partial charge < -0.3 is 20.3 Å². The first-order chi connectivity index (χ1) is 15.2. The number of aliphatic hydroxyl groups excluding tert-OH is 1. The highest BCUT2D eigenvalue weighted by molar-refractivity contribution is 6.32. The number of hydrogen-bond acceptors (Lipinski definition) is 5. The van der Waals surface area contributed by atoms with Crippen LogP contribution >= 0.6 is 0 Å². The van der Waals surface area contributed by atoms with E-state index in [1.54, 1.807) is 6.08 Å². The topological polar surface area (TPSA) is 108 Å². The van der Waals surface area contributed by atoms with Crippen LogP contribution in [-0.4, -0.2) is 40.3 Å². The number of hydrogen-bond donors (Lipinski definition) is 4. The molecule has 0 spiro atoms. The molecular formula is C24H23FN2O5. The molecule has 166 valence electrons. The van der Waals surface area contributed by atoms with Gasteiger partial charge in [-0.25, -0.2) is 4.39 Å². The van der Waals surface area contributed by atoms with Crippen molar-refractivity contribution in [3.8, 4) is 0 Å². The molecule has 0 saturated heterocycles. The molecule has 2 aromatic carbocycles. The lowest BCUT2D eigenvalue weighted by molar-refractivity contribution is -0.140. The molecule has 8 heteroatoms. The molecule has 1 atom stereocenters. The summed E-state index contributed by atoms with van der Waals surface area (Å²) >= 11 is 0. The zero-order chi connectivity index (χ0) is 23.0. The van der Waals surface area contributed by atoms with Crippen molar-refractivity contribution in [1.82, 2.24) is 5.32 Å². The lowest BCUT2D eigenvalue weighted by Crippen LogP contribution is -2.39. The maximum atomic E-state index is 13.8. The molecule has 0 aromatic heterocycles. The van der Waals surface area contributed by atoms with Crippen LogP contribution in [0.15, 0.2) is 54.3 Å². The Labute approximate surface area is 184 Å². The van der Waals surface area contributed by atoms with E-state index in [2.05, 4.69) is 10.6 Å². The minimum Gasteiger partial charge on any atom is -0.482 e. The van der Waals surface area contributed by atoms with Gasteiger partial charge in [0.1, 0.15) is 23.2 Å². The number of anilines is 1. The summed E-state index contributed by atoms with van der Waals surface area (Å²) in [6.07, 6.45) is 1.80. The lowest BCUT2D eigenvalue weighted by atomic mass is 9.91. The highest BCUT2D eigenvalue weighted by Crippen LogP contribution is 2.44. The van der Waals surface area contributed by atoms with Gasteiger partial charge in [0.25, 0.3) is 5.91 Å². The summed E-state index contributed by atoms with van der Waals surface area (Å²) in [5.41, 5.74) is 3.18. The molecule has 2 aliphatic heterocycles. The first-order valence-electron chi connectivity index (χ1n) is 10.1. The molecule has 4 rings (SSSR count). The number of rotatable bonds is 6. The fraction of sp³-hybridized carbons (Fsp3) is 0.250. The zero-order valence-electron chi connectivity index (χ0n) is 17.6. The molecule has 2 heterocycles. The van der Waals surface area contributed by atoms with Gasteiger partial charge in [0.2, 0.25) is 0 Å². The van der Waals surface area contributed by atoms with E-state index in [0.29, 0.717) is 22.6 Å². The second-order valence-electron chi connectivity index (χ2n) is 8.20. The second-order valence-corrected chi connectivity index (χ2v) is 8.20. The number of benzene rings is 2. The summed E-state index contributed by atoms with van der Waals surface area (Å²) in [4.78, 5) is 23.6. The summed E-state index contributed by atoms with van der Waals surface area (Å²) in [6, 6.07) is 10.6. The normalized spacial score (nSPS) is 19.8. The molecule has 1 amide bonds. The predicted molar refractivity (Wildman–Crippen MR) is 117 cm³/mol. The Morgan fingerprint density at radius 3 is 2.59 bits per heavy atom. The first-order valence-corrected chi connectivity index (χ1v) is 10.1. The summed E-state index contributed by atoms with van der Waals surface area (Å²) < 4.78 is 19.9. The number of carbonyl (C=O) groups excluding carboxylic acids is 1. The molecule has 0 saturated carbocycles. The quantitative estimate of drug-likeness (QED) is 0.517. The second kappa shape index (κ2) is 8.22. The average molecular weight is 438 g/mol. The van der Waals surface area contributed by atoms with Crippen molar-refractivity contribution in [1.29, 1.82) is 0 Å². The third-order valence-corrected chi connectivity index (χ3v) is 5.56. The van der Waals surface area contributed by atoms with Gasteiger partial charge in [-0.2, -0.15) is 0 Å². The number of fused-ring (bicyclic) bond motifs is 1. The highest BCUT2D eigenvalue weighted by Gasteiger charge is 2.38. The summed E-state index contributed by atoms with van der Waals surface area (Å²) in [7, 11) is 0. The van der Waals surface area contributed by atoms with Crippen molar-refractivity contribution in [3.63, 3.8) is 0 Å². The number of carboxylic acids is 1. The van der Waals surface area contributed by atoms with E-state index in [1.165, 1.54) is 18.2 Å². The number of halogens is 1. The van der Waals surface area contributed by atoms with Crippen LogP contribution in [0.3, 0.4) is 0 Å². The van der Waals surface area contributed by atoms with Gasteiger partial charge in [-0.3, -0.25) is 14.9 Å². The van der Waals surface area contributed by atoms with Gasteiger partial charge in [0.05, 0.1) is 12.2 Å². The summed E-state index contributed by atoms with van der Waals surface area (Å²) in [5, 5.41) is 23.6. The summed E-state index contributed by atoms with van der Waals surface area (Å²) in [6.45, 7) is 3.57. The van der Waals surface area contributed by atoms with Crippen LogP contribution in [0.25, 0.3) is 11.1 Å². The number of aliphatic carboxylic acids is 1. The van der Waals surface area contributed by atoms with Gasteiger partial charge in [-0.1, -0.05) is 24.3 Å². The monoisotopic (exact) mass is 438 g/mol. The fourth-order valence-corrected chi connectivity index (χ4v) is 3.88. The number of aliphatic hydroxyl groups is 1. The molecule has 32 heavy (non-hydrogen) atoms. The van der Waals surface area contributed by atoms with Gasteiger partial charge in [-0.15, -0.1) is 0 Å². The number of amides is 1. The van der Waals surface area contributed by atoms with E-state index in [0.717, 1.165) is 16.7 Å². The first kappa shape index (κ1) is 21.7. The fourth-order valence-electron chi connectivity index (χ4n) is 3.88. The minimum absolute atomic E-state index is 0.286. The number of allylic oxidation sites excluding steroid dienone is 1. The molecule has 0 aliphatic carbocycles. The van der Waals surface area contributed by atoms with Crippen LogP contribution in [0.4, 0.5) is 10.1 Å². The maximum Gasteiger partial charge on any atom is 0.323 e. The predicted octanol–water partition coefficient (Wildman–Crippen LogP) is 2.92. The molecule has 2 aliphatic rings. The third-order valence-electron chi connectivity index (χ3n) is 5.56. The number of ether oxygens (including phenoxy) is 1. The smallest absolute Gasteiger partial charge is 0.323 e. The van der Waals surface area contributed by atoms with Gasteiger partial charge in [0, 0.05) is 23.4 Å². The molecule has 0 fully saturated rings. The maximum absolute atomic E-state index is 13.8. The Kier molecular flexibility index (Phi) is 5.58. The largest absolute Gasteiger partial charge is 0.482 e. The standard InChI is InChI=1S/C24H23FN2O5/c1-24(2)17(14-5-3-13(4-6-14)11-26-19(12-28)23(30)31)10-20(32-24)21-16-9-15(25)7-8-18(16)27-22(21)29/h3-10,19,26,28H,11-12H2,1-2H3,(H,27,29)(H,30,31)/b21-20+/t19-/m0/s1. The van der Waals surface area contributed by atoms with Crippen LogP contribution < -0.4 is 10.6 Å². The van der Waals surface area contributed by atoms with Crippen molar-refractivity contribution in [2.24, 2.45) is 0 Å². The van der Waals surface area contributed by atoms with Gasteiger partial charge in [-0.05, 0) is 49.2 Å². The van der Waals surface area contributed by atoms with E-state index < -0.39 is 30.0 Å². The number of nitrogens with one attached hydrogen (secondary N) is 2. The SMILES string of the molecule is CC1(C)O/C(=C2/C(=O)Nc3ccc(F)cc32)C=C1c1ccc(CN[C@@H](CO)C(=O)O)cc1. The van der Waals surface area contributed by atoms with Crippen molar-refractivity contribution >= 4 is 28.7 Å². The van der Waals surface area contributed by atoms with E-state index in [9.17, 15) is 14.0 Å². The molecule has 0 bridgehead atoms. The van der Waals surface area contributed by atoms with Crippen LogP contribution in [0, 0.1) is 5.82 Å². The Bertz CT molecular complexity index is 1150. The lowest BCUT2D eigenvalue weighted by Gasteiger charge is -2.23. The van der Waals surface area contributed by atoms with Crippen molar-refractivity contribution < 1.29 is 28.9 Å². The molecule has 0 unspecified atom stereocenters. The van der Waals surface area contributed by atoms with Gasteiger partial charge in [0.15, 0.2) is 0 Å². The molecule has 7 nitrogen and oxygen atoms in total. The van der Waals surface area contributed by atoms with E-state index >= 15 is 0 Å². The molecule has 4 N–H and O–H groups in total. The zero-order valence-corrected chi connectivity index (χ0v) is 17.6. The highest BCUT2D eigenvalue weighted by atomic mass is 19.1. The van der Waals surface area contributed by atoms with Crippen LogP contribution in [0.2, 0.25) is 0 Å². The van der Waals surface area contributed by atoms with Crippen molar-refractivity contribution in [2.75, 3.05) is 11.9 Å².